The van der Waals surface area contributed by atoms with Crippen LogP contribution in [0.5, 0.6) is 0 Å². The fourth-order valence-corrected chi connectivity index (χ4v) is 3.15. The van der Waals surface area contributed by atoms with Crippen molar-refractivity contribution >= 4 is 33.0 Å². The summed E-state index contributed by atoms with van der Waals surface area (Å²) in [4.78, 5) is 1.25. The highest BCUT2D eigenvalue weighted by molar-refractivity contribution is 7.19. The van der Waals surface area contributed by atoms with Gasteiger partial charge in [-0.1, -0.05) is 43.1 Å². The van der Waals surface area contributed by atoms with E-state index in [0.717, 1.165) is 18.1 Å². The number of rotatable bonds is 5. The predicted molar refractivity (Wildman–Crippen MR) is 73.4 cm³/mol. The molecule has 0 amide bonds. The van der Waals surface area contributed by atoms with Crippen molar-refractivity contribution in [3.63, 3.8) is 0 Å². The molecule has 0 bridgehead atoms. The Morgan fingerprint density at radius 2 is 2.12 bits per heavy atom. The van der Waals surface area contributed by atoms with Crippen LogP contribution in [0.15, 0.2) is 24.3 Å². The molecular weight excluding hydrogens is 238 g/mol. The van der Waals surface area contributed by atoms with Crippen molar-refractivity contribution in [3.05, 3.63) is 34.2 Å². The number of halogens is 1. The van der Waals surface area contributed by atoms with Crippen molar-refractivity contribution in [2.24, 2.45) is 0 Å². The predicted octanol–water partition coefficient (Wildman–Crippen LogP) is 4.44. The van der Waals surface area contributed by atoms with Crippen molar-refractivity contribution in [3.8, 4) is 0 Å². The van der Waals surface area contributed by atoms with Gasteiger partial charge in [-0.3, -0.25) is 0 Å². The van der Waals surface area contributed by atoms with Crippen LogP contribution in [0.1, 0.15) is 24.6 Å². The number of hydrogen-bond acceptors (Lipinski definition) is 2. The van der Waals surface area contributed by atoms with Gasteiger partial charge in [0.05, 0.1) is 5.02 Å². The van der Waals surface area contributed by atoms with Gasteiger partial charge in [0.2, 0.25) is 0 Å². The zero-order valence-corrected chi connectivity index (χ0v) is 11.0. The third kappa shape index (κ3) is 2.57. The monoisotopic (exact) mass is 253 g/mol. The molecule has 1 aromatic carbocycles. The third-order valence-electron chi connectivity index (χ3n) is 2.59. The zero-order valence-electron chi connectivity index (χ0n) is 9.42. The summed E-state index contributed by atoms with van der Waals surface area (Å²) in [6.45, 7) is 4.16. The van der Waals surface area contributed by atoms with Gasteiger partial charge in [0.1, 0.15) is 0 Å². The molecule has 0 spiro atoms. The molecule has 1 heterocycles. The molecule has 2 rings (SSSR count). The number of nitrogens with one attached hydrogen (secondary N) is 1. The van der Waals surface area contributed by atoms with E-state index >= 15 is 0 Å². The van der Waals surface area contributed by atoms with Crippen LogP contribution in [-0.2, 0) is 6.54 Å². The maximum absolute atomic E-state index is 6.34. The van der Waals surface area contributed by atoms with Gasteiger partial charge in [0, 0.05) is 21.5 Å². The van der Waals surface area contributed by atoms with E-state index in [1.165, 1.54) is 27.8 Å². The van der Waals surface area contributed by atoms with Crippen molar-refractivity contribution in [1.29, 1.82) is 0 Å². The Balaban J connectivity index is 2.09. The number of hydrogen-bond donors (Lipinski definition) is 1. The van der Waals surface area contributed by atoms with Crippen LogP contribution in [0.2, 0.25) is 5.02 Å². The Morgan fingerprint density at radius 1 is 1.31 bits per heavy atom. The first-order valence-electron chi connectivity index (χ1n) is 5.69. The molecule has 86 valence electrons. The summed E-state index contributed by atoms with van der Waals surface area (Å²) in [6, 6.07) is 8.31. The number of fused-ring (bicyclic) bond motifs is 1. The van der Waals surface area contributed by atoms with Crippen LogP contribution < -0.4 is 5.32 Å². The van der Waals surface area contributed by atoms with Crippen LogP contribution in [0.4, 0.5) is 0 Å². The van der Waals surface area contributed by atoms with Gasteiger partial charge < -0.3 is 5.32 Å². The van der Waals surface area contributed by atoms with Gasteiger partial charge in [0.25, 0.3) is 0 Å². The van der Waals surface area contributed by atoms with E-state index in [1.54, 1.807) is 11.3 Å². The van der Waals surface area contributed by atoms with E-state index in [4.69, 9.17) is 11.6 Å². The van der Waals surface area contributed by atoms with E-state index in [2.05, 4.69) is 30.4 Å². The Morgan fingerprint density at radius 3 is 2.88 bits per heavy atom. The maximum atomic E-state index is 6.34. The topological polar surface area (TPSA) is 12.0 Å². The summed E-state index contributed by atoms with van der Waals surface area (Å²) < 4.78 is 1.28. The van der Waals surface area contributed by atoms with E-state index in [-0.39, 0.29) is 0 Å². The minimum absolute atomic E-state index is 0.887. The van der Waals surface area contributed by atoms with Crippen molar-refractivity contribution in [2.75, 3.05) is 6.54 Å². The minimum Gasteiger partial charge on any atom is -0.312 e. The molecule has 0 unspecified atom stereocenters. The summed E-state index contributed by atoms with van der Waals surface area (Å²) in [6.07, 6.45) is 2.45. The van der Waals surface area contributed by atoms with Crippen LogP contribution in [0.25, 0.3) is 10.1 Å². The highest BCUT2D eigenvalue weighted by Gasteiger charge is 2.08. The second kappa shape index (κ2) is 5.67. The highest BCUT2D eigenvalue weighted by atomic mass is 35.5. The van der Waals surface area contributed by atoms with E-state index in [1.807, 2.05) is 6.07 Å². The van der Waals surface area contributed by atoms with Gasteiger partial charge in [0.15, 0.2) is 0 Å². The van der Waals surface area contributed by atoms with Crippen molar-refractivity contribution in [2.45, 2.75) is 26.3 Å². The van der Waals surface area contributed by atoms with Crippen molar-refractivity contribution < 1.29 is 0 Å². The Labute approximate surface area is 105 Å². The van der Waals surface area contributed by atoms with E-state index < -0.39 is 0 Å². The first-order chi connectivity index (χ1) is 7.83. The summed E-state index contributed by atoms with van der Waals surface area (Å²) in [7, 11) is 0. The molecular formula is C13H16ClNS. The smallest absolute Gasteiger partial charge is 0.0636 e. The minimum atomic E-state index is 0.887. The molecule has 0 atom stereocenters. The SMILES string of the molecule is CCCCNCc1sc2ccccc2c1Cl. The van der Waals surface area contributed by atoms with Gasteiger partial charge in [-0.2, -0.15) is 0 Å². The van der Waals surface area contributed by atoms with Crippen LogP contribution in [-0.4, -0.2) is 6.54 Å². The van der Waals surface area contributed by atoms with Crippen molar-refractivity contribution in [1.82, 2.24) is 5.32 Å². The molecule has 0 aliphatic carbocycles. The number of thiophene rings is 1. The molecule has 16 heavy (non-hydrogen) atoms. The number of unbranched alkanes of at least 4 members (excludes halogenated alkanes) is 1. The molecule has 1 aromatic heterocycles. The second-order valence-corrected chi connectivity index (χ2v) is 5.38. The van der Waals surface area contributed by atoms with Crippen LogP contribution in [0.3, 0.4) is 0 Å². The lowest BCUT2D eigenvalue weighted by Crippen LogP contribution is -2.13. The average Bonchev–Trinajstić information content (AvgIpc) is 2.63. The van der Waals surface area contributed by atoms with Gasteiger partial charge in [-0.05, 0) is 19.0 Å². The normalized spacial score (nSPS) is 11.1. The molecule has 1 N–H and O–H groups in total. The zero-order chi connectivity index (χ0) is 11.4. The largest absolute Gasteiger partial charge is 0.312 e. The number of benzene rings is 1. The summed E-state index contributed by atoms with van der Waals surface area (Å²) in [5.74, 6) is 0. The Hall–Kier alpha value is -0.570. The van der Waals surface area contributed by atoms with Crippen LogP contribution in [0, 0.1) is 0 Å². The molecule has 3 heteroatoms. The first kappa shape index (κ1) is 11.9. The standard InChI is InChI=1S/C13H16ClNS/c1-2-3-8-15-9-12-13(14)10-6-4-5-7-11(10)16-12/h4-7,15H,2-3,8-9H2,1H3. The highest BCUT2D eigenvalue weighted by Crippen LogP contribution is 2.34. The van der Waals surface area contributed by atoms with Gasteiger partial charge in [-0.15, -0.1) is 11.3 Å². The second-order valence-electron chi connectivity index (χ2n) is 3.87. The lowest BCUT2D eigenvalue weighted by Gasteiger charge is -2.01. The lowest BCUT2D eigenvalue weighted by molar-refractivity contribution is 0.646. The average molecular weight is 254 g/mol. The molecule has 1 nitrogen and oxygen atoms in total. The Kier molecular flexibility index (Phi) is 4.22. The molecule has 0 saturated carbocycles. The summed E-state index contributed by atoms with van der Waals surface area (Å²) >= 11 is 8.13. The van der Waals surface area contributed by atoms with Gasteiger partial charge in [-0.25, -0.2) is 0 Å². The van der Waals surface area contributed by atoms with E-state index in [9.17, 15) is 0 Å². The first-order valence-corrected chi connectivity index (χ1v) is 6.89. The van der Waals surface area contributed by atoms with Crippen LogP contribution >= 0.6 is 22.9 Å². The fourth-order valence-electron chi connectivity index (χ4n) is 1.68. The molecule has 0 aliphatic rings. The fraction of sp³-hybridized carbons (Fsp3) is 0.385. The summed E-state index contributed by atoms with van der Waals surface area (Å²) in [5.41, 5.74) is 0. The van der Waals surface area contributed by atoms with E-state index in [0.29, 0.717) is 0 Å². The molecule has 2 aromatic rings. The molecule has 0 aliphatic heterocycles. The Bertz CT molecular complexity index is 464. The third-order valence-corrected chi connectivity index (χ3v) is 4.31. The molecule has 0 fully saturated rings. The van der Waals surface area contributed by atoms with Gasteiger partial charge >= 0.3 is 0 Å². The lowest BCUT2D eigenvalue weighted by atomic mass is 10.2. The molecule has 0 saturated heterocycles. The molecule has 0 radical (unpaired) electrons. The maximum Gasteiger partial charge on any atom is 0.0636 e. The summed E-state index contributed by atoms with van der Waals surface area (Å²) in [5, 5.41) is 5.53. The quantitative estimate of drug-likeness (QED) is 0.777.